The molecule has 4 N–H and O–H groups in total. The van der Waals surface area contributed by atoms with Crippen LogP contribution in [0.2, 0.25) is 0 Å². The van der Waals surface area contributed by atoms with Crippen LogP contribution >= 0.6 is 0 Å². The van der Waals surface area contributed by atoms with Crippen LogP contribution in [0, 0.1) is 6.92 Å². The van der Waals surface area contributed by atoms with Crippen LogP contribution in [-0.4, -0.2) is 24.8 Å². The average molecular weight is 399 g/mol. The van der Waals surface area contributed by atoms with Crippen LogP contribution in [0.3, 0.4) is 0 Å². The van der Waals surface area contributed by atoms with Gasteiger partial charge in [-0.15, -0.1) is 13.2 Å². The normalized spacial score (nSPS) is 12.0. The van der Waals surface area contributed by atoms with Gasteiger partial charge in [0.05, 0.1) is 13.1 Å². The second kappa shape index (κ2) is 9.56. The van der Waals surface area contributed by atoms with E-state index < -0.39 is 0 Å². The number of nitrogens with two attached hydrogens (primary N) is 2. The van der Waals surface area contributed by atoms with E-state index in [1.165, 1.54) is 0 Å². The SMILES string of the molecule is C=CCN=C(N)c1ccc(-c2cc(C)c(-c3ccc(C(N)=NCC=C)cc3)o2)cc1. The lowest BCUT2D eigenvalue weighted by molar-refractivity contribution is 0.595. The van der Waals surface area contributed by atoms with Gasteiger partial charge in [-0.05, 0) is 18.6 Å². The van der Waals surface area contributed by atoms with Gasteiger partial charge < -0.3 is 15.9 Å². The molecule has 3 rings (SSSR count). The zero-order chi connectivity index (χ0) is 21.5. The Morgan fingerprint density at radius 1 is 0.833 bits per heavy atom. The molecule has 2 aromatic carbocycles. The van der Waals surface area contributed by atoms with Crippen LogP contribution < -0.4 is 11.5 Å². The minimum Gasteiger partial charge on any atom is -0.456 e. The van der Waals surface area contributed by atoms with Crippen molar-refractivity contribution in [1.82, 2.24) is 0 Å². The van der Waals surface area contributed by atoms with Crippen LogP contribution in [0.25, 0.3) is 22.6 Å². The van der Waals surface area contributed by atoms with Crippen LogP contribution in [-0.2, 0) is 0 Å². The van der Waals surface area contributed by atoms with Crippen LogP contribution in [0.15, 0.2) is 94.3 Å². The van der Waals surface area contributed by atoms with E-state index in [1.54, 1.807) is 12.2 Å². The topological polar surface area (TPSA) is 89.9 Å². The quantitative estimate of drug-likeness (QED) is 0.327. The Bertz CT molecular complexity index is 1090. The molecule has 0 radical (unpaired) electrons. The molecule has 0 unspecified atom stereocenters. The molecule has 0 aliphatic carbocycles. The Labute approximate surface area is 177 Å². The lowest BCUT2D eigenvalue weighted by Crippen LogP contribution is -2.13. The molecular weight excluding hydrogens is 372 g/mol. The summed E-state index contributed by atoms with van der Waals surface area (Å²) in [6.45, 7) is 10.3. The molecule has 5 nitrogen and oxygen atoms in total. The highest BCUT2D eigenvalue weighted by Crippen LogP contribution is 2.32. The van der Waals surface area contributed by atoms with Gasteiger partial charge in [-0.25, -0.2) is 0 Å². The first-order valence-electron chi connectivity index (χ1n) is 9.67. The summed E-state index contributed by atoms with van der Waals surface area (Å²) in [6.07, 6.45) is 3.42. The molecule has 0 aliphatic rings. The second-order valence-corrected chi connectivity index (χ2v) is 6.81. The molecule has 1 heterocycles. The van der Waals surface area contributed by atoms with Gasteiger partial charge in [-0.2, -0.15) is 0 Å². The first-order valence-corrected chi connectivity index (χ1v) is 9.67. The average Bonchev–Trinajstić information content (AvgIpc) is 3.17. The zero-order valence-corrected chi connectivity index (χ0v) is 17.1. The van der Waals surface area contributed by atoms with Crippen molar-refractivity contribution in [2.75, 3.05) is 13.1 Å². The number of nitrogens with zero attached hydrogens (tertiary/aromatic N) is 2. The Morgan fingerprint density at radius 2 is 1.30 bits per heavy atom. The summed E-state index contributed by atoms with van der Waals surface area (Å²) in [7, 11) is 0. The number of benzene rings is 2. The number of hydrogen-bond donors (Lipinski definition) is 2. The molecule has 30 heavy (non-hydrogen) atoms. The number of hydrogen-bond acceptors (Lipinski definition) is 3. The Hall–Kier alpha value is -3.86. The van der Waals surface area contributed by atoms with Crippen molar-refractivity contribution in [3.05, 3.63) is 96.6 Å². The van der Waals surface area contributed by atoms with E-state index in [1.807, 2.05) is 61.5 Å². The fourth-order valence-electron chi connectivity index (χ4n) is 3.02. The summed E-state index contributed by atoms with van der Waals surface area (Å²) in [5, 5.41) is 0. The highest BCUT2D eigenvalue weighted by atomic mass is 16.3. The molecule has 3 aromatic rings. The van der Waals surface area contributed by atoms with Gasteiger partial charge in [-0.3, -0.25) is 9.98 Å². The van der Waals surface area contributed by atoms with Crippen LogP contribution in [0.1, 0.15) is 16.7 Å². The molecule has 0 amide bonds. The standard InChI is InChI=1S/C25H26N4O/c1-4-14-28-24(26)20-10-6-18(7-11-20)22-16-17(3)23(30-22)19-8-12-21(13-9-19)25(27)29-15-5-2/h4-13,16H,1-2,14-15H2,3H3,(H2,26,28)(H2,27,29). The summed E-state index contributed by atoms with van der Waals surface area (Å²) in [5.74, 6) is 2.61. The fraction of sp³-hybridized carbons (Fsp3) is 0.120. The number of rotatable bonds is 8. The van der Waals surface area contributed by atoms with Crippen molar-refractivity contribution in [2.24, 2.45) is 21.5 Å². The van der Waals surface area contributed by atoms with E-state index in [0.29, 0.717) is 24.8 Å². The molecule has 0 atom stereocenters. The van der Waals surface area contributed by atoms with E-state index >= 15 is 0 Å². The van der Waals surface area contributed by atoms with E-state index in [4.69, 9.17) is 15.9 Å². The summed E-state index contributed by atoms with van der Waals surface area (Å²) in [5.41, 5.74) is 16.7. The fourth-order valence-corrected chi connectivity index (χ4v) is 3.02. The molecule has 0 saturated carbocycles. The molecule has 0 aliphatic heterocycles. The third kappa shape index (κ3) is 4.75. The molecule has 0 fully saturated rings. The predicted molar refractivity (Wildman–Crippen MR) is 126 cm³/mol. The predicted octanol–water partition coefficient (Wildman–Crippen LogP) is 4.70. The Balaban J connectivity index is 1.83. The van der Waals surface area contributed by atoms with Crippen molar-refractivity contribution >= 4 is 11.7 Å². The third-order valence-electron chi connectivity index (χ3n) is 4.61. The van der Waals surface area contributed by atoms with Crippen molar-refractivity contribution in [2.45, 2.75) is 6.92 Å². The number of amidine groups is 2. The molecular formula is C25H26N4O. The van der Waals surface area contributed by atoms with E-state index in [0.717, 1.165) is 39.3 Å². The van der Waals surface area contributed by atoms with Gasteiger partial charge >= 0.3 is 0 Å². The van der Waals surface area contributed by atoms with Crippen LogP contribution in [0.5, 0.6) is 0 Å². The molecule has 0 saturated heterocycles. The molecule has 5 heteroatoms. The van der Waals surface area contributed by atoms with Crippen molar-refractivity contribution < 1.29 is 4.42 Å². The summed E-state index contributed by atoms with van der Waals surface area (Å²) < 4.78 is 6.17. The minimum atomic E-state index is 0.494. The van der Waals surface area contributed by atoms with Gasteiger partial charge in [0.25, 0.3) is 0 Å². The Morgan fingerprint density at radius 3 is 1.77 bits per heavy atom. The lowest BCUT2D eigenvalue weighted by atomic mass is 10.1. The summed E-state index contributed by atoms with van der Waals surface area (Å²) >= 11 is 0. The van der Waals surface area contributed by atoms with E-state index in [9.17, 15) is 0 Å². The molecule has 152 valence electrons. The van der Waals surface area contributed by atoms with Gasteiger partial charge in [-0.1, -0.05) is 60.7 Å². The lowest BCUT2D eigenvalue weighted by Gasteiger charge is -2.04. The van der Waals surface area contributed by atoms with E-state index in [-0.39, 0.29) is 0 Å². The van der Waals surface area contributed by atoms with Gasteiger partial charge in [0.2, 0.25) is 0 Å². The first kappa shape index (κ1) is 20.9. The van der Waals surface area contributed by atoms with Gasteiger partial charge in [0.1, 0.15) is 23.2 Å². The molecule has 0 spiro atoms. The van der Waals surface area contributed by atoms with E-state index in [2.05, 4.69) is 23.1 Å². The maximum absolute atomic E-state index is 6.17. The van der Waals surface area contributed by atoms with Gasteiger partial charge in [0, 0.05) is 22.3 Å². The smallest absolute Gasteiger partial charge is 0.137 e. The maximum atomic E-state index is 6.17. The van der Waals surface area contributed by atoms with Crippen molar-refractivity contribution in [1.29, 1.82) is 0 Å². The largest absolute Gasteiger partial charge is 0.456 e. The second-order valence-electron chi connectivity index (χ2n) is 6.81. The highest BCUT2D eigenvalue weighted by Gasteiger charge is 2.12. The minimum absolute atomic E-state index is 0.494. The zero-order valence-electron chi connectivity index (χ0n) is 17.1. The first-order chi connectivity index (χ1) is 14.5. The van der Waals surface area contributed by atoms with Crippen molar-refractivity contribution in [3.63, 3.8) is 0 Å². The monoisotopic (exact) mass is 398 g/mol. The van der Waals surface area contributed by atoms with Crippen LogP contribution in [0.4, 0.5) is 0 Å². The number of furan rings is 1. The Kier molecular flexibility index (Phi) is 6.65. The summed E-state index contributed by atoms with van der Waals surface area (Å²) in [6, 6.07) is 17.7. The highest BCUT2D eigenvalue weighted by molar-refractivity contribution is 5.98. The molecule has 1 aromatic heterocycles. The molecule has 0 bridgehead atoms. The number of aliphatic imine (C=N–C) groups is 2. The van der Waals surface area contributed by atoms with Gasteiger partial charge in [0.15, 0.2) is 0 Å². The van der Waals surface area contributed by atoms with Crippen molar-refractivity contribution in [3.8, 4) is 22.6 Å². The maximum Gasteiger partial charge on any atom is 0.137 e. The summed E-state index contributed by atoms with van der Waals surface area (Å²) in [4.78, 5) is 8.48. The third-order valence-corrected chi connectivity index (χ3v) is 4.61. The number of aryl methyl sites for hydroxylation is 1.